The van der Waals surface area contributed by atoms with Gasteiger partial charge in [-0.05, 0) is 85.3 Å². The zero-order chi connectivity index (χ0) is 37.1. The number of ether oxygens (including phenoxy) is 1. The number of hydrogen-bond acceptors (Lipinski definition) is 5. The van der Waals surface area contributed by atoms with Gasteiger partial charge in [-0.1, -0.05) is 97.1 Å². The number of nitrogens with one attached hydrogen (secondary N) is 1. The van der Waals surface area contributed by atoms with Gasteiger partial charge in [-0.2, -0.15) is 5.10 Å². The van der Waals surface area contributed by atoms with Crippen molar-refractivity contribution in [1.82, 2.24) is 20.1 Å². The van der Waals surface area contributed by atoms with E-state index in [0.717, 1.165) is 57.4 Å². The number of benzene rings is 5. The molecule has 1 amide bonds. The van der Waals surface area contributed by atoms with Gasteiger partial charge in [0.05, 0.1) is 12.1 Å². The third-order valence-electron chi connectivity index (χ3n) is 10.6. The maximum absolute atomic E-state index is 14.1. The summed E-state index contributed by atoms with van der Waals surface area (Å²) < 4.78 is 22.3. The van der Waals surface area contributed by atoms with Gasteiger partial charge in [0.25, 0.3) is 5.91 Å². The van der Waals surface area contributed by atoms with Crippen molar-refractivity contribution in [1.29, 1.82) is 0 Å². The molecular formula is C46H41FN4O3. The summed E-state index contributed by atoms with van der Waals surface area (Å²) in [5, 5.41) is 20.0. The van der Waals surface area contributed by atoms with Crippen LogP contribution in [0, 0.1) is 12.7 Å². The molecular weight excluding hydrogens is 676 g/mol. The Morgan fingerprint density at radius 1 is 0.870 bits per heavy atom. The summed E-state index contributed by atoms with van der Waals surface area (Å²) >= 11 is 0. The van der Waals surface area contributed by atoms with Crippen LogP contribution < -0.4 is 10.1 Å². The second-order valence-electron chi connectivity index (χ2n) is 14.2. The molecule has 0 saturated heterocycles. The normalized spacial score (nSPS) is 17.3. The van der Waals surface area contributed by atoms with E-state index in [2.05, 4.69) is 87.8 Å². The highest BCUT2D eigenvalue weighted by atomic mass is 19.1. The highest BCUT2D eigenvalue weighted by Crippen LogP contribution is 2.44. The number of aliphatic hydroxyl groups is 1. The predicted octanol–water partition coefficient (Wildman–Crippen LogP) is 8.87. The number of amides is 1. The molecule has 270 valence electrons. The van der Waals surface area contributed by atoms with Crippen molar-refractivity contribution in [2.24, 2.45) is 0 Å². The monoisotopic (exact) mass is 716 g/mol. The molecule has 2 unspecified atom stereocenters. The van der Waals surface area contributed by atoms with Crippen LogP contribution in [-0.2, 0) is 5.54 Å². The van der Waals surface area contributed by atoms with E-state index < -0.39 is 17.0 Å². The minimum atomic E-state index is -0.933. The fourth-order valence-corrected chi connectivity index (χ4v) is 8.09. The van der Waals surface area contributed by atoms with Crippen molar-refractivity contribution in [3.8, 4) is 17.0 Å². The van der Waals surface area contributed by atoms with Gasteiger partial charge in [-0.15, -0.1) is 0 Å². The molecule has 7 nitrogen and oxygen atoms in total. The number of fused-ring (bicyclic) bond motifs is 1. The van der Waals surface area contributed by atoms with Crippen LogP contribution in [-0.4, -0.2) is 44.0 Å². The first-order valence-electron chi connectivity index (χ1n) is 18.4. The molecule has 8 heteroatoms. The Morgan fingerprint density at radius 3 is 2.15 bits per heavy atom. The maximum Gasteiger partial charge on any atom is 0.251 e. The van der Waals surface area contributed by atoms with Gasteiger partial charge >= 0.3 is 0 Å². The minimum absolute atomic E-state index is 0.230. The molecule has 1 saturated carbocycles. The molecule has 2 atom stereocenters. The molecule has 8 rings (SSSR count). The molecule has 5 aromatic carbocycles. The first-order valence-corrected chi connectivity index (χ1v) is 18.4. The van der Waals surface area contributed by atoms with E-state index in [9.17, 15) is 14.3 Å². The van der Waals surface area contributed by atoms with Gasteiger partial charge in [-0.25, -0.2) is 9.07 Å². The summed E-state index contributed by atoms with van der Waals surface area (Å²) in [6.45, 7) is 1.71. The summed E-state index contributed by atoms with van der Waals surface area (Å²) in [6, 6.07) is 46.6. The predicted molar refractivity (Wildman–Crippen MR) is 209 cm³/mol. The second kappa shape index (κ2) is 14.7. The molecule has 2 N–H and O–H groups in total. The smallest absolute Gasteiger partial charge is 0.251 e. The number of aliphatic hydroxyl groups excluding tert-OH is 1. The average Bonchev–Trinajstić information content (AvgIpc) is 3.59. The summed E-state index contributed by atoms with van der Waals surface area (Å²) in [7, 11) is 0. The summed E-state index contributed by atoms with van der Waals surface area (Å²) in [6.07, 6.45) is 4.24. The average molecular weight is 717 g/mol. The molecule has 0 radical (unpaired) electrons. The Hall–Kier alpha value is -6.12. The number of nitrogens with zero attached hydrogens (tertiary/aromatic N) is 3. The first kappa shape index (κ1) is 34.9. The minimum Gasteiger partial charge on any atom is -0.485 e. The van der Waals surface area contributed by atoms with E-state index in [1.165, 1.54) is 12.1 Å². The number of pyridine rings is 1. The van der Waals surface area contributed by atoms with Crippen LogP contribution in [0.4, 0.5) is 4.39 Å². The largest absolute Gasteiger partial charge is 0.485 e. The number of carbonyl (C=O) groups is 1. The van der Waals surface area contributed by atoms with Crippen LogP contribution in [0.15, 0.2) is 152 Å². The molecule has 0 aliphatic heterocycles. The molecule has 7 aromatic rings. The van der Waals surface area contributed by atoms with Crippen LogP contribution in [0.25, 0.3) is 22.2 Å². The van der Waals surface area contributed by atoms with Crippen LogP contribution in [0.1, 0.15) is 58.4 Å². The Labute approximate surface area is 314 Å². The molecule has 1 aliphatic rings. The number of carbonyl (C=O) groups excluding carboxylic acids is 1. The second-order valence-corrected chi connectivity index (χ2v) is 14.2. The lowest BCUT2D eigenvalue weighted by Gasteiger charge is -2.40. The molecule has 1 fully saturated rings. The van der Waals surface area contributed by atoms with Gasteiger partial charge in [0, 0.05) is 46.9 Å². The topological polar surface area (TPSA) is 89.3 Å². The Kier molecular flexibility index (Phi) is 9.52. The van der Waals surface area contributed by atoms with Crippen molar-refractivity contribution in [3.63, 3.8) is 0 Å². The van der Waals surface area contributed by atoms with E-state index in [0.29, 0.717) is 24.2 Å². The van der Waals surface area contributed by atoms with Gasteiger partial charge in [0.2, 0.25) is 0 Å². The molecule has 2 heterocycles. The number of rotatable bonds is 10. The third kappa shape index (κ3) is 6.54. The van der Waals surface area contributed by atoms with Gasteiger partial charge in [0.15, 0.2) is 0 Å². The van der Waals surface area contributed by atoms with Crippen molar-refractivity contribution in [2.45, 2.75) is 49.8 Å². The van der Waals surface area contributed by atoms with Gasteiger partial charge in [-0.3, -0.25) is 9.78 Å². The van der Waals surface area contributed by atoms with E-state index in [-0.39, 0.29) is 18.6 Å². The maximum atomic E-state index is 14.1. The molecule has 1 aliphatic carbocycles. The van der Waals surface area contributed by atoms with E-state index >= 15 is 0 Å². The van der Waals surface area contributed by atoms with Crippen LogP contribution >= 0.6 is 0 Å². The van der Waals surface area contributed by atoms with Crippen molar-refractivity contribution in [2.75, 3.05) is 6.61 Å². The SMILES string of the molecule is Cc1cc(-c2nn(C(c3ccccc3)(c3ccccc3)c3ccccc3)c3ccc(C(=O)NC4CCCC(CO)(Oc5cccc(F)c5)C4)cc23)ccn1. The number of aryl methyl sites for hydroxylation is 1. The lowest BCUT2D eigenvalue weighted by Crippen LogP contribution is -2.51. The standard InChI is InChI=1S/C46H41FN4O3/c1-32-27-33(24-26-48-32)43-41-28-34(44(53)49-39-20-12-25-45(30-39,31-52)54-40-21-11-19-38(47)29-40)22-23-42(41)51(50-43)46(35-13-5-2-6-14-35,36-15-7-3-8-16-36)37-17-9-4-10-18-37/h2-11,13-19,21-24,26-29,39,52H,12,20,25,30-31H2,1H3,(H,49,53). The number of aromatic nitrogens is 3. The van der Waals surface area contributed by atoms with Crippen LogP contribution in [0.2, 0.25) is 0 Å². The number of hydrogen-bond donors (Lipinski definition) is 2. The van der Waals surface area contributed by atoms with E-state index in [1.807, 2.05) is 55.5 Å². The Balaban J connectivity index is 1.24. The molecule has 2 aromatic heterocycles. The molecule has 0 bridgehead atoms. The quantitative estimate of drug-likeness (QED) is 0.138. The number of halogens is 1. The van der Waals surface area contributed by atoms with E-state index in [4.69, 9.17) is 9.84 Å². The van der Waals surface area contributed by atoms with Crippen molar-refractivity contribution in [3.05, 3.63) is 186 Å². The highest BCUT2D eigenvalue weighted by molar-refractivity contribution is 6.02. The lowest BCUT2D eigenvalue weighted by molar-refractivity contribution is -0.0283. The summed E-state index contributed by atoms with van der Waals surface area (Å²) in [5.41, 5.74) is 5.14. The van der Waals surface area contributed by atoms with Crippen molar-refractivity contribution < 1.29 is 19.0 Å². The molecule has 54 heavy (non-hydrogen) atoms. The van der Waals surface area contributed by atoms with Crippen LogP contribution in [0.3, 0.4) is 0 Å². The van der Waals surface area contributed by atoms with E-state index in [1.54, 1.807) is 18.3 Å². The fourth-order valence-electron chi connectivity index (χ4n) is 8.09. The lowest BCUT2D eigenvalue weighted by atomic mass is 9.77. The van der Waals surface area contributed by atoms with Crippen LogP contribution in [0.5, 0.6) is 5.75 Å². The fraction of sp³-hybridized carbons (Fsp3) is 0.196. The highest BCUT2D eigenvalue weighted by Gasteiger charge is 2.42. The third-order valence-corrected chi connectivity index (χ3v) is 10.6. The summed E-state index contributed by atoms with van der Waals surface area (Å²) in [4.78, 5) is 18.6. The van der Waals surface area contributed by atoms with Crippen molar-refractivity contribution >= 4 is 16.8 Å². The Morgan fingerprint density at radius 2 is 1.54 bits per heavy atom. The summed E-state index contributed by atoms with van der Waals surface area (Å²) in [5.74, 6) is -0.281. The first-order chi connectivity index (χ1) is 26.4. The van der Waals surface area contributed by atoms with Gasteiger partial charge in [0.1, 0.15) is 28.4 Å². The van der Waals surface area contributed by atoms with Gasteiger partial charge < -0.3 is 15.2 Å². The zero-order valence-electron chi connectivity index (χ0n) is 30.0. The Bertz CT molecular complexity index is 2300. The zero-order valence-corrected chi connectivity index (χ0v) is 30.0. The molecule has 0 spiro atoms.